The molecule has 0 spiro atoms. The third-order valence-corrected chi connectivity index (χ3v) is 3.60. The van der Waals surface area contributed by atoms with E-state index in [0.717, 1.165) is 31.7 Å². The van der Waals surface area contributed by atoms with Crippen molar-refractivity contribution in [2.24, 2.45) is 0 Å². The monoisotopic (exact) mass is 262 g/mol. The second kappa shape index (κ2) is 6.63. The fourth-order valence-corrected chi connectivity index (χ4v) is 2.15. The molecule has 1 amide bonds. The molecule has 1 N–H and O–H groups in total. The molecule has 0 aromatic carbocycles. The molecule has 1 saturated heterocycles. The maximum Gasteiger partial charge on any atom is 0.236 e. The molecule has 5 nitrogen and oxygen atoms in total. The zero-order valence-corrected chi connectivity index (χ0v) is 11.7. The van der Waals surface area contributed by atoms with Crippen LogP contribution in [0.1, 0.15) is 11.1 Å². The van der Waals surface area contributed by atoms with Crippen LogP contribution in [0.4, 0.5) is 0 Å². The van der Waals surface area contributed by atoms with Crippen molar-refractivity contribution in [3.8, 4) is 0 Å². The van der Waals surface area contributed by atoms with E-state index < -0.39 is 0 Å². The standard InChI is InChI=1S/C14H22N4O/c1-12-3-4-15-9-13(12)10-16-11-14(19)18-7-5-17(2)6-8-18/h3-4,9,16H,5-8,10-11H2,1-2H3. The lowest BCUT2D eigenvalue weighted by atomic mass is 10.1. The van der Waals surface area contributed by atoms with E-state index in [0.29, 0.717) is 13.1 Å². The van der Waals surface area contributed by atoms with Crippen LogP contribution in [0.3, 0.4) is 0 Å². The Labute approximate surface area is 114 Å². The van der Waals surface area contributed by atoms with Crippen LogP contribution in [0.15, 0.2) is 18.5 Å². The second-order valence-electron chi connectivity index (χ2n) is 5.09. The third kappa shape index (κ3) is 4.01. The summed E-state index contributed by atoms with van der Waals surface area (Å²) in [6, 6.07) is 1.99. The summed E-state index contributed by atoms with van der Waals surface area (Å²) in [5.41, 5.74) is 2.35. The van der Waals surface area contributed by atoms with Gasteiger partial charge < -0.3 is 15.1 Å². The summed E-state index contributed by atoms with van der Waals surface area (Å²) in [6.07, 6.45) is 3.64. The molecule has 0 atom stereocenters. The van der Waals surface area contributed by atoms with Gasteiger partial charge >= 0.3 is 0 Å². The molecule has 0 bridgehead atoms. The molecule has 0 saturated carbocycles. The summed E-state index contributed by atoms with van der Waals surface area (Å²) in [6.45, 7) is 6.75. The van der Waals surface area contributed by atoms with Crippen LogP contribution in [-0.2, 0) is 11.3 Å². The van der Waals surface area contributed by atoms with Gasteiger partial charge in [-0.2, -0.15) is 0 Å². The smallest absolute Gasteiger partial charge is 0.236 e. The number of aromatic nitrogens is 1. The van der Waals surface area contributed by atoms with Crippen LogP contribution in [0.5, 0.6) is 0 Å². The Bertz CT molecular complexity index is 427. The molecule has 1 aromatic rings. The highest BCUT2D eigenvalue weighted by Crippen LogP contribution is 2.04. The first-order valence-corrected chi connectivity index (χ1v) is 6.73. The van der Waals surface area contributed by atoms with Gasteiger partial charge in [-0.15, -0.1) is 0 Å². The predicted octanol–water partition coefficient (Wildman–Crippen LogP) is 0.254. The molecule has 1 aliphatic heterocycles. The predicted molar refractivity (Wildman–Crippen MR) is 74.8 cm³/mol. The molecule has 1 aromatic heterocycles. The van der Waals surface area contributed by atoms with Crippen LogP contribution in [0.25, 0.3) is 0 Å². The van der Waals surface area contributed by atoms with Crippen LogP contribution in [-0.4, -0.2) is 60.5 Å². The Balaban J connectivity index is 1.74. The first-order valence-electron chi connectivity index (χ1n) is 6.73. The zero-order chi connectivity index (χ0) is 13.7. The number of nitrogens with one attached hydrogen (secondary N) is 1. The number of aryl methyl sites for hydroxylation is 1. The van der Waals surface area contributed by atoms with Gasteiger partial charge in [-0.25, -0.2) is 0 Å². The van der Waals surface area contributed by atoms with Crippen molar-refractivity contribution in [3.63, 3.8) is 0 Å². The molecular formula is C14H22N4O. The molecule has 104 valence electrons. The van der Waals surface area contributed by atoms with Gasteiger partial charge in [0.25, 0.3) is 0 Å². The number of rotatable bonds is 4. The van der Waals surface area contributed by atoms with Gasteiger partial charge in [0, 0.05) is 45.1 Å². The maximum atomic E-state index is 12.0. The second-order valence-corrected chi connectivity index (χ2v) is 5.09. The summed E-state index contributed by atoms with van der Waals surface area (Å²) in [5, 5.41) is 3.21. The van der Waals surface area contributed by atoms with Crippen molar-refractivity contribution in [2.75, 3.05) is 39.8 Å². The largest absolute Gasteiger partial charge is 0.339 e. The van der Waals surface area contributed by atoms with Crippen LogP contribution in [0.2, 0.25) is 0 Å². The van der Waals surface area contributed by atoms with Crippen LogP contribution >= 0.6 is 0 Å². The van der Waals surface area contributed by atoms with Gasteiger partial charge in [0.2, 0.25) is 5.91 Å². The lowest BCUT2D eigenvalue weighted by Crippen LogP contribution is -2.49. The minimum Gasteiger partial charge on any atom is -0.339 e. The Morgan fingerprint density at radius 2 is 2.11 bits per heavy atom. The van der Waals surface area contributed by atoms with E-state index >= 15 is 0 Å². The Hall–Kier alpha value is -1.46. The van der Waals surface area contributed by atoms with Gasteiger partial charge in [0.05, 0.1) is 6.54 Å². The zero-order valence-electron chi connectivity index (χ0n) is 11.7. The number of likely N-dealkylation sites (N-methyl/N-ethyl adjacent to an activating group) is 1. The minimum atomic E-state index is 0.189. The lowest BCUT2D eigenvalue weighted by Gasteiger charge is -2.32. The maximum absolute atomic E-state index is 12.0. The van der Waals surface area contributed by atoms with E-state index in [1.54, 1.807) is 6.20 Å². The number of carbonyl (C=O) groups is 1. The van der Waals surface area contributed by atoms with E-state index in [-0.39, 0.29) is 5.91 Å². The normalized spacial score (nSPS) is 16.6. The van der Waals surface area contributed by atoms with Crippen LogP contribution < -0.4 is 5.32 Å². The van der Waals surface area contributed by atoms with Crippen molar-refractivity contribution < 1.29 is 4.79 Å². The number of pyridine rings is 1. The first kappa shape index (κ1) is 14.0. The molecule has 1 aliphatic rings. The number of hydrogen-bond donors (Lipinski definition) is 1. The number of nitrogens with zero attached hydrogens (tertiary/aromatic N) is 3. The average molecular weight is 262 g/mol. The molecule has 5 heteroatoms. The Morgan fingerprint density at radius 3 is 2.79 bits per heavy atom. The van der Waals surface area contributed by atoms with Crippen LogP contribution in [0, 0.1) is 6.92 Å². The van der Waals surface area contributed by atoms with Crippen molar-refractivity contribution in [3.05, 3.63) is 29.6 Å². The van der Waals surface area contributed by atoms with E-state index in [1.165, 1.54) is 5.56 Å². The molecule has 19 heavy (non-hydrogen) atoms. The molecule has 2 rings (SSSR count). The van der Waals surface area contributed by atoms with E-state index in [4.69, 9.17) is 0 Å². The van der Waals surface area contributed by atoms with Gasteiger partial charge in [-0.1, -0.05) is 0 Å². The van der Waals surface area contributed by atoms with Crippen molar-refractivity contribution in [1.29, 1.82) is 0 Å². The van der Waals surface area contributed by atoms with E-state index in [1.807, 2.05) is 17.2 Å². The molecule has 0 aliphatic carbocycles. The number of piperazine rings is 1. The SMILES string of the molecule is Cc1ccncc1CNCC(=O)N1CCN(C)CC1. The van der Waals surface area contributed by atoms with Gasteiger partial charge in [0.15, 0.2) is 0 Å². The number of hydrogen-bond acceptors (Lipinski definition) is 4. The van der Waals surface area contributed by atoms with E-state index in [9.17, 15) is 4.79 Å². The molecule has 0 radical (unpaired) electrons. The highest BCUT2D eigenvalue weighted by Gasteiger charge is 2.18. The Kier molecular flexibility index (Phi) is 4.87. The summed E-state index contributed by atoms with van der Waals surface area (Å²) in [5.74, 6) is 0.189. The fourth-order valence-electron chi connectivity index (χ4n) is 2.15. The van der Waals surface area contributed by atoms with Crippen molar-refractivity contribution >= 4 is 5.91 Å². The highest BCUT2D eigenvalue weighted by molar-refractivity contribution is 5.78. The first-order chi connectivity index (χ1) is 9.16. The fraction of sp³-hybridized carbons (Fsp3) is 0.571. The van der Waals surface area contributed by atoms with Crippen molar-refractivity contribution in [1.82, 2.24) is 20.1 Å². The molecule has 0 unspecified atom stereocenters. The van der Waals surface area contributed by atoms with Gasteiger partial charge in [0.1, 0.15) is 0 Å². The highest BCUT2D eigenvalue weighted by atomic mass is 16.2. The topological polar surface area (TPSA) is 48.5 Å². The number of amides is 1. The summed E-state index contributed by atoms with van der Waals surface area (Å²) in [4.78, 5) is 20.3. The lowest BCUT2D eigenvalue weighted by molar-refractivity contribution is -0.131. The summed E-state index contributed by atoms with van der Waals surface area (Å²) < 4.78 is 0. The minimum absolute atomic E-state index is 0.189. The van der Waals surface area contributed by atoms with Gasteiger partial charge in [-0.3, -0.25) is 9.78 Å². The molecular weight excluding hydrogens is 240 g/mol. The summed E-state index contributed by atoms with van der Waals surface area (Å²) in [7, 11) is 2.09. The van der Waals surface area contributed by atoms with Crippen molar-refractivity contribution in [2.45, 2.75) is 13.5 Å². The average Bonchev–Trinajstić information content (AvgIpc) is 2.41. The van der Waals surface area contributed by atoms with E-state index in [2.05, 4.69) is 29.2 Å². The Morgan fingerprint density at radius 1 is 1.37 bits per heavy atom. The quantitative estimate of drug-likeness (QED) is 0.845. The number of carbonyl (C=O) groups excluding carboxylic acids is 1. The molecule has 1 fully saturated rings. The third-order valence-electron chi connectivity index (χ3n) is 3.60. The summed E-state index contributed by atoms with van der Waals surface area (Å²) >= 11 is 0. The molecule has 2 heterocycles. The van der Waals surface area contributed by atoms with Gasteiger partial charge in [-0.05, 0) is 31.2 Å².